The summed E-state index contributed by atoms with van der Waals surface area (Å²) in [5.41, 5.74) is 9.35. The number of aryl methyl sites for hydroxylation is 1. The van der Waals surface area contributed by atoms with E-state index in [1.807, 2.05) is 13.1 Å². The number of hydrogen-bond donors (Lipinski definition) is 1. The Bertz CT molecular complexity index is 389. The van der Waals surface area contributed by atoms with Gasteiger partial charge >= 0.3 is 0 Å². The van der Waals surface area contributed by atoms with E-state index in [9.17, 15) is 0 Å². The quantitative estimate of drug-likeness (QED) is 0.853. The van der Waals surface area contributed by atoms with Crippen LogP contribution >= 0.6 is 0 Å². The summed E-state index contributed by atoms with van der Waals surface area (Å²) in [6.07, 6.45) is 4.53. The normalized spacial score (nSPS) is 25.1. The molecule has 3 heteroatoms. The zero-order valence-corrected chi connectivity index (χ0v) is 11.1. The molecule has 1 fully saturated rings. The SMILES string of the molecule is Cc1cc(N2CC(C)CCC2C)c(CN)cn1. The number of piperidine rings is 1. The summed E-state index contributed by atoms with van der Waals surface area (Å²) >= 11 is 0. The molecule has 1 aromatic heterocycles. The van der Waals surface area contributed by atoms with Gasteiger partial charge in [-0.05, 0) is 38.7 Å². The van der Waals surface area contributed by atoms with Crippen molar-refractivity contribution in [3.05, 3.63) is 23.5 Å². The van der Waals surface area contributed by atoms with Crippen molar-refractivity contribution < 1.29 is 0 Å². The fourth-order valence-corrected chi connectivity index (χ4v) is 2.62. The van der Waals surface area contributed by atoms with E-state index < -0.39 is 0 Å². The predicted molar refractivity (Wildman–Crippen MR) is 72.1 cm³/mol. The maximum absolute atomic E-state index is 5.82. The molecule has 2 rings (SSSR count). The van der Waals surface area contributed by atoms with E-state index in [0.29, 0.717) is 12.6 Å². The molecule has 0 aromatic carbocycles. The molecule has 2 atom stereocenters. The van der Waals surface area contributed by atoms with E-state index in [2.05, 4.69) is 29.8 Å². The lowest BCUT2D eigenvalue weighted by atomic mass is 9.94. The molecular weight excluding hydrogens is 210 g/mol. The largest absolute Gasteiger partial charge is 0.368 e. The fourth-order valence-electron chi connectivity index (χ4n) is 2.62. The Morgan fingerprint density at radius 3 is 2.88 bits per heavy atom. The summed E-state index contributed by atoms with van der Waals surface area (Å²) in [7, 11) is 0. The first-order valence-corrected chi connectivity index (χ1v) is 6.54. The highest BCUT2D eigenvalue weighted by Gasteiger charge is 2.24. The third-order valence-corrected chi connectivity index (χ3v) is 3.75. The van der Waals surface area contributed by atoms with Crippen LogP contribution in [0.3, 0.4) is 0 Å². The zero-order chi connectivity index (χ0) is 12.4. The summed E-state index contributed by atoms with van der Waals surface area (Å²) < 4.78 is 0. The molecule has 1 aliphatic heterocycles. The van der Waals surface area contributed by atoms with Crippen LogP contribution in [0.5, 0.6) is 0 Å². The molecule has 2 N–H and O–H groups in total. The zero-order valence-electron chi connectivity index (χ0n) is 11.1. The van der Waals surface area contributed by atoms with Gasteiger partial charge in [0.2, 0.25) is 0 Å². The summed E-state index contributed by atoms with van der Waals surface area (Å²) in [5, 5.41) is 0. The van der Waals surface area contributed by atoms with Crippen molar-refractivity contribution in [2.75, 3.05) is 11.4 Å². The summed E-state index contributed by atoms with van der Waals surface area (Å²) in [5.74, 6) is 0.769. The highest BCUT2D eigenvalue weighted by Crippen LogP contribution is 2.30. The second kappa shape index (κ2) is 5.05. The number of rotatable bonds is 2. The number of aromatic nitrogens is 1. The van der Waals surface area contributed by atoms with Crippen LogP contribution in [0.15, 0.2) is 12.3 Å². The molecule has 0 radical (unpaired) electrons. The van der Waals surface area contributed by atoms with Crippen molar-refractivity contribution >= 4 is 5.69 Å². The average molecular weight is 233 g/mol. The maximum atomic E-state index is 5.82. The molecule has 0 saturated carbocycles. The van der Waals surface area contributed by atoms with Gasteiger partial charge in [-0.25, -0.2) is 0 Å². The average Bonchev–Trinajstić information content (AvgIpc) is 2.32. The van der Waals surface area contributed by atoms with Gasteiger partial charge in [0.1, 0.15) is 0 Å². The number of nitrogens with two attached hydrogens (primary N) is 1. The molecule has 0 aliphatic carbocycles. The molecule has 1 saturated heterocycles. The van der Waals surface area contributed by atoms with Gasteiger partial charge in [-0.2, -0.15) is 0 Å². The molecule has 0 bridgehead atoms. The van der Waals surface area contributed by atoms with Crippen LogP contribution in [-0.2, 0) is 6.54 Å². The van der Waals surface area contributed by atoms with Crippen molar-refractivity contribution in [2.45, 2.75) is 46.2 Å². The van der Waals surface area contributed by atoms with Crippen molar-refractivity contribution in [3.63, 3.8) is 0 Å². The van der Waals surface area contributed by atoms with Crippen molar-refractivity contribution in [3.8, 4) is 0 Å². The van der Waals surface area contributed by atoms with Gasteiger partial charge in [-0.1, -0.05) is 6.92 Å². The van der Waals surface area contributed by atoms with Gasteiger partial charge < -0.3 is 10.6 Å². The monoisotopic (exact) mass is 233 g/mol. The van der Waals surface area contributed by atoms with E-state index >= 15 is 0 Å². The van der Waals surface area contributed by atoms with Crippen LogP contribution in [0.2, 0.25) is 0 Å². The second-order valence-corrected chi connectivity index (χ2v) is 5.34. The third-order valence-electron chi connectivity index (χ3n) is 3.75. The highest BCUT2D eigenvalue weighted by atomic mass is 15.2. The van der Waals surface area contributed by atoms with Crippen LogP contribution < -0.4 is 10.6 Å². The van der Waals surface area contributed by atoms with Crippen LogP contribution in [0, 0.1) is 12.8 Å². The lowest BCUT2D eigenvalue weighted by Gasteiger charge is -2.39. The minimum Gasteiger partial charge on any atom is -0.368 e. The summed E-state index contributed by atoms with van der Waals surface area (Å²) in [6, 6.07) is 2.79. The second-order valence-electron chi connectivity index (χ2n) is 5.34. The molecule has 0 spiro atoms. The predicted octanol–water partition coefficient (Wildman–Crippen LogP) is 2.47. The third kappa shape index (κ3) is 2.60. The Morgan fingerprint density at radius 2 is 2.18 bits per heavy atom. The Balaban J connectivity index is 2.33. The maximum Gasteiger partial charge on any atom is 0.0447 e. The van der Waals surface area contributed by atoms with Crippen molar-refractivity contribution in [1.29, 1.82) is 0 Å². The topological polar surface area (TPSA) is 42.1 Å². The van der Waals surface area contributed by atoms with Crippen LogP contribution in [0.1, 0.15) is 37.9 Å². The highest BCUT2D eigenvalue weighted by molar-refractivity contribution is 5.54. The van der Waals surface area contributed by atoms with Gasteiger partial charge in [0, 0.05) is 42.3 Å². The Hall–Kier alpha value is -1.09. The molecule has 2 unspecified atom stereocenters. The Kier molecular flexibility index (Phi) is 3.67. The van der Waals surface area contributed by atoms with Gasteiger partial charge in [-0.3, -0.25) is 4.98 Å². The van der Waals surface area contributed by atoms with Gasteiger partial charge in [0.05, 0.1) is 0 Å². The van der Waals surface area contributed by atoms with E-state index in [0.717, 1.165) is 23.7 Å². The van der Waals surface area contributed by atoms with Crippen molar-refractivity contribution in [1.82, 2.24) is 4.98 Å². The standard InChI is InChI=1S/C14H23N3/c1-10-4-5-12(3)17(9-10)14-6-11(2)16-8-13(14)7-15/h6,8,10,12H,4-5,7,9,15H2,1-3H3. The molecule has 3 nitrogen and oxygen atoms in total. The molecule has 2 heterocycles. The fraction of sp³-hybridized carbons (Fsp3) is 0.643. The number of nitrogens with zero attached hydrogens (tertiary/aromatic N) is 2. The van der Waals surface area contributed by atoms with Crippen LogP contribution in [0.25, 0.3) is 0 Å². The smallest absolute Gasteiger partial charge is 0.0447 e. The van der Waals surface area contributed by atoms with Gasteiger partial charge in [-0.15, -0.1) is 0 Å². The minimum atomic E-state index is 0.570. The van der Waals surface area contributed by atoms with E-state index in [-0.39, 0.29) is 0 Å². The molecular formula is C14H23N3. The number of pyridine rings is 1. The molecule has 0 amide bonds. The minimum absolute atomic E-state index is 0.570. The van der Waals surface area contributed by atoms with Gasteiger partial charge in [0.25, 0.3) is 0 Å². The number of hydrogen-bond acceptors (Lipinski definition) is 3. The Labute approximate surface area is 104 Å². The number of anilines is 1. The summed E-state index contributed by atoms with van der Waals surface area (Å²) in [6.45, 7) is 8.39. The first-order chi connectivity index (χ1) is 8.11. The van der Waals surface area contributed by atoms with Crippen LogP contribution in [-0.4, -0.2) is 17.6 Å². The molecule has 94 valence electrons. The summed E-state index contributed by atoms with van der Waals surface area (Å²) in [4.78, 5) is 6.85. The first kappa shape index (κ1) is 12.4. The lowest BCUT2D eigenvalue weighted by Crippen LogP contribution is -2.41. The van der Waals surface area contributed by atoms with E-state index in [1.165, 1.54) is 18.5 Å². The van der Waals surface area contributed by atoms with Crippen molar-refractivity contribution in [2.24, 2.45) is 11.7 Å². The molecule has 17 heavy (non-hydrogen) atoms. The first-order valence-electron chi connectivity index (χ1n) is 6.54. The van der Waals surface area contributed by atoms with E-state index in [4.69, 9.17) is 5.73 Å². The van der Waals surface area contributed by atoms with Crippen LogP contribution in [0.4, 0.5) is 5.69 Å². The van der Waals surface area contributed by atoms with Gasteiger partial charge in [0.15, 0.2) is 0 Å². The lowest BCUT2D eigenvalue weighted by molar-refractivity contribution is 0.389. The molecule has 1 aromatic rings. The van der Waals surface area contributed by atoms with E-state index in [1.54, 1.807) is 0 Å². The Morgan fingerprint density at radius 1 is 1.41 bits per heavy atom. The molecule has 1 aliphatic rings.